The fourth-order valence-corrected chi connectivity index (χ4v) is 1.75. The summed E-state index contributed by atoms with van der Waals surface area (Å²) in [5, 5.41) is 8.35. The third-order valence-electron chi connectivity index (χ3n) is 1.14. The molecule has 0 heterocycles. The van der Waals surface area contributed by atoms with E-state index in [-0.39, 0.29) is 10.9 Å². The van der Waals surface area contributed by atoms with Gasteiger partial charge in [0.25, 0.3) is 0 Å². The molecule has 0 saturated heterocycles. The van der Waals surface area contributed by atoms with Crippen LogP contribution in [-0.2, 0) is 15.7 Å². The zero-order valence-electron chi connectivity index (χ0n) is 5.89. The van der Waals surface area contributed by atoms with Crippen molar-refractivity contribution in [1.29, 1.82) is 0 Å². The highest BCUT2D eigenvalue weighted by atomic mass is 32.2. The van der Waals surface area contributed by atoms with Crippen LogP contribution in [0.15, 0.2) is 0 Å². The van der Waals surface area contributed by atoms with Crippen LogP contribution in [0.5, 0.6) is 0 Å². The summed E-state index contributed by atoms with van der Waals surface area (Å²) in [5.41, 5.74) is 0. The summed E-state index contributed by atoms with van der Waals surface area (Å²) in [6.07, 6.45) is 0. The van der Waals surface area contributed by atoms with Crippen LogP contribution in [0.1, 0.15) is 13.8 Å². The average molecular weight is 149 g/mol. The maximum Gasteiger partial charge on any atom is 0.353 e. The van der Waals surface area contributed by atoms with Crippen molar-refractivity contribution >= 4 is 16.9 Å². The zero-order chi connectivity index (χ0) is 7.28. The minimum atomic E-state index is -0.665. The van der Waals surface area contributed by atoms with E-state index in [1.54, 1.807) is 0 Å². The summed E-state index contributed by atoms with van der Waals surface area (Å²) >= 11 is 0. The first-order chi connectivity index (χ1) is 4.20. The standard InChI is InChI=1S/C6H12O2S/c1-3-9(4-2)5-6(7)8/h3-5H2,1-2H3/p+1. The maximum absolute atomic E-state index is 10.1. The summed E-state index contributed by atoms with van der Waals surface area (Å²) in [7, 11) is 0.132. The maximum atomic E-state index is 10.1. The Morgan fingerprint density at radius 1 is 1.44 bits per heavy atom. The van der Waals surface area contributed by atoms with Gasteiger partial charge in [-0.15, -0.1) is 0 Å². The van der Waals surface area contributed by atoms with Gasteiger partial charge in [-0.25, -0.2) is 4.79 Å². The van der Waals surface area contributed by atoms with E-state index in [1.807, 2.05) is 13.8 Å². The molecular formula is C6H13O2S+. The Kier molecular flexibility index (Phi) is 4.58. The van der Waals surface area contributed by atoms with E-state index < -0.39 is 5.97 Å². The monoisotopic (exact) mass is 149 g/mol. The normalized spacial score (nSPS) is 10.1. The molecule has 0 saturated carbocycles. The van der Waals surface area contributed by atoms with Crippen LogP contribution < -0.4 is 0 Å². The molecule has 0 aliphatic heterocycles. The topological polar surface area (TPSA) is 37.3 Å². The summed E-state index contributed by atoms with van der Waals surface area (Å²) in [5.74, 6) is 1.69. The number of hydrogen-bond acceptors (Lipinski definition) is 1. The van der Waals surface area contributed by atoms with Crippen molar-refractivity contribution in [3.63, 3.8) is 0 Å². The highest BCUT2D eigenvalue weighted by Crippen LogP contribution is 1.94. The number of rotatable bonds is 4. The minimum absolute atomic E-state index is 0.132. The van der Waals surface area contributed by atoms with E-state index in [0.717, 1.165) is 11.5 Å². The van der Waals surface area contributed by atoms with Gasteiger partial charge in [0.2, 0.25) is 5.75 Å². The molecular weight excluding hydrogens is 136 g/mol. The van der Waals surface area contributed by atoms with E-state index >= 15 is 0 Å². The van der Waals surface area contributed by atoms with Gasteiger partial charge in [-0.05, 0) is 24.7 Å². The van der Waals surface area contributed by atoms with Crippen LogP contribution in [-0.4, -0.2) is 28.3 Å². The smallest absolute Gasteiger partial charge is 0.353 e. The van der Waals surface area contributed by atoms with Crippen molar-refractivity contribution in [3.8, 4) is 0 Å². The lowest BCUT2D eigenvalue weighted by Gasteiger charge is -1.97. The van der Waals surface area contributed by atoms with Gasteiger partial charge in [0.1, 0.15) is 11.5 Å². The van der Waals surface area contributed by atoms with Gasteiger partial charge in [-0.2, -0.15) is 0 Å². The lowest BCUT2D eigenvalue weighted by atomic mass is 10.8. The molecule has 0 bridgehead atoms. The molecule has 0 rings (SSSR count). The molecule has 3 heteroatoms. The third-order valence-corrected chi connectivity index (χ3v) is 3.43. The SMILES string of the molecule is CC[S+](CC)CC(=O)O. The van der Waals surface area contributed by atoms with Gasteiger partial charge >= 0.3 is 5.97 Å². The predicted octanol–water partition coefficient (Wildman–Crippen LogP) is 0.729. The molecule has 54 valence electrons. The van der Waals surface area contributed by atoms with Gasteiger partial charge in [-0.1, -0.05) is 0 Å². The molecule has 0 atom stereocenters. The fraction of sp³-hybridized carbons (Fsp3) is 0.833. The Labute approximate surface area is 58.6 Å². The van der Waals surface area contributed by atoms with Crippen LogP contribution in [0.3, 0.4) is 0 Å². The highest BCUT2D eigenvalue weighted by molar-refractivity contribution is 7.97. The summed E-state index contributed by atoms with van der Waals surface area (Å²) in [6, 6.07) is 0. The lowest BCUT2D eigenvalue weighted by Crippen LogP contribution is -2.19. The van der Waals surface area contributed by atoms with Crippen molar-refractivity contribution in [2.75, 3.05) is 17.3 Å². The van der Waals surface area contributed by atoms with Gasteiger partial charge < -0.3 is 5.11 Å². The van der Waals surface area contributed by atoms with E-state index in [4.69, 9.17) is 5.11 Å². The molecule has 0 aliphatic carbocycles. The Hall–Kier alpha value is -0.180. The molecule has 0 unspecified atom stereocenters. The second kappa shape index (κ2) is 4.68. The van der Waals surface area contributed by atoms with Crippen molar-refractivity contribution < 1.29 is 9.90 Å². The van der Waals surface area contributed by atoms with E-state index in [1.165, 1.54) is 0 Å². The molecule has 0 aromatic carbocycles. The quantitative estimate of drug-likeness (QED) is 0.598. The van der Waals surface area contributed by atoms with Crippen LogP contribution in [0.4, 0.5) is 0 Å². The molecule has 0 radical (unpaired) electrons. The van der Waals surface area contributed by atoms with Crippen molar-refractivity contribution in [3.05, 3.63) is 0 Å². The Morgan fingerprint density at radius 2 is 1.89 bits per heavy atom. The fourth-order valence-electron chi connectivity index (χ4n) is 0.583. The van der Waals surface area contributed by atoms with Crippen LogP contribution in [0.25, 0.3) is 0 Å². The van der Waals surface area contributed by atoms with Crippen LogP contribution in [0, 0.1) is 0 Å². The second-order valence-corrected chi connectivity index (χ2v) is 4.40. The Balaban J connectivity index is 3.43. The Bertz CT molecular complexity index is 89.1. The van der Waals surface area contributed by atoms with Crippen LogP contribution >= 0.6 is 0 Å². The van der Waals surface area contributed by atoms with Crippen molar-refractivity contribution in [1.82, 2.24) is 0 Å². The first kappa shape index (κ1) is 8.82. The van der Waals surface area contributed by atoms with E-state index in [0.29, 0.717) is 5.75 Å². The second-order valence-electron chi connectivity index (χ2n) is 1.73. The molecule has 9 heavy (non-hydrogen) atoms. The number of carboxylic acids is 1. The lowest BCUT2D eigenvalue weighted by molar-refractivity contribution is -0.133. The van der Waals surface area contributed by atoms with Crippen LogP contribution in [0.2, 0.25) is 0 Å². The third kappa shape index (κ3) is 4.33. The molecule has 0 fully saturated rings. The molecule has 2 nitrogen and oxygen atoms in total. The molecule has 0 aliphatic rings. The molecule has 0 amide bonds. The number of carboxylic acid groups (broad SMARTS) is 1. The summed E-state index contributed by atoms with van der Waals surface area (Å²) in [6.45, 7) is 4.07. The molecule has 0 spiro atoms. The zero-order valence-corrected chi connectivity index (χ0v) is 6.70. The first-order valence-corrected chi connectivity index (χ1v) is 4.79. The molecule has 0 aromatic heterocycles. The first-order valence-electron chi connectivity index (χ1n) is 3.06. The number of aliphatic carboxylic acids is 1. The van der Waals surface area contributed by atoms with E-state index in [2.05, 4.69) is 0 Å². The predicted molar refractivity (Wildman–Crippen MR) is 40.9 cm³/mol. The highest BCUT2D eigenvalue weighted by Gasteiger charge is 2.16. The largest absolute Gasteiger partial charge is 0.478 e. The van der Waals surface area contributed by atoms with Gasteiger partial charge in [0.15, 0.2) is 0 Å². The summed E-state index contributed by atoms with van der Waals surface area (Å²) in [4.78, 5) is 10.1. The summed E-state index contributed by atoms with van der Waals surface area (Å²) < 4.78 is 0. The van der Waals surface area contributed by atoms with Gasteiger partial charge in [-0.3, -0.25) is 0 Å². The van der Waals surface area contributed by atoms with E-state index in [9.17, 15) is 4.79 Å². The van der Waals surface area contributed by atoms with Gasteiger partial charge in [0, 0.05) is 0 Å². The Morgan fingerprint density at radius 3 is 2.00 bits per heavy atom. The van der Waals surface area contributed by atoms with Gasteiger partial charge in [0.05, 0.1) is 0 Å². The van der Waals surface area contributed by atoms with Crippen molar-refractivity contribution in [2.24, 2.45) is 0 Å². The molecule has 1 N–H and O–H groups in total. The average Bonchev–Trinajstić information content (AvgIpc) is 1.82. The molecule has 0 aromatic rings. The number of hydrogen-bond donors (Lipinski definition) is 1. The number of carbonyl (C=O) groups is 1. The van der Waals surface area contributed by atoms with Crippen molar-refractivity contribution in [2.45, 2.75) is 13.8 Å². The minimum Gasteiger partial charge on any atom is -0.478 e.